The number of carbonyl (C=O) groups is 2. The Morgan fingerprint density at radius 2 is 2.05 bits per heavy atom. The number of carbonyl (C=O) groups excluding carboxylic acids is 2. The molecule has 5 nitrogen and oxygen atoms in total. The van der Waals surface area contributed by atoms with Gasteiger partial charge >= 0.3 is 0 Å². The van der Waals surface area contributed by atoms with Gasteiger partial charge in [-0.3, -0.25) is 9.59 Å². The predicted molar refractivity (Wildman–Crippen MR) is 81.7 cm³/mol. The molecule has 0 aromatic heterocycles. The van der Waals surface area contributed by atoms with Gasteiger partial charge in [0.1, 0.15) is 5.54 Å². The number of nitrogens with two attached hydrogens (primary N) is 1. The van der Waals surface area contributed by atoms with Crippen LogP contribution in [-0.2, 0) is 15.1 Å². The lowest BCUT2D eigenvalue weighted by Crippen LogP contribution is -2.55. The second-order valence-corrected chi connectivity index (χ2v) is 5.95. The van der Waals surface area contributed by atoms with Crippen LogP contribution in [0.4, 0.5) is 0 Å². The van der Waals surface area contributed by atoms with E-state index in [1.807, 2.05) is 0 Å². The van der Waals surface area contributed by atoms with Crippen LogP contribution in [0.15, 0.2) is 24.3 Å². The number of halogens is 1. The SMILES string of the molecule is CC(NC(=O)C1CCNCC1)(C(N)=O)c1cccc(Cl)c1. The monoisotopic (exact) mass is 309 g/mol. The van der Waals surface area contributed by atoms with Crippen LogP contribution in [0.2, 0.25) is 5.02 Å². The zero-order valence-corrected chi connectivity index (χ0v) is 12.7. The molecule has 4 N–H and O–H groups in total. The van der Waals surface area contributed by atoms with Crippen molar-refractivity contribution in [3.63, 3.8) is 0 Å². The van der Waals surface area contributed by atoms with Crippen LogP contribution in [0.1, 0.15) is 25.3 Å². The van der Waals surface area contributed by atoms with E-state index in [-0.39, 0.29) is 11.8 Å². The van der Waals surface area contributed by atoms with Crippen molar-refractivity contribution in [1.82, 2.24) is 10.6 Å². The molecule has 1 heterocycles. The van der Waals surface area contributed by atoms with Crippen molar-refractivity contribution >= 4 is 23.4 Å². The van der Waals surface area contributed by atoms with E-state index in [1.165, 1.54) is 0 Å². The van der Waals surface area contributed by atoms with E-state index >= 15 is 0 Å². The van der Waals surface area contributed by atoms with E-state index in [1.54, 1.807) is 31.2 Å². The number of amides is 2. The number of benzene rings is 1. The molecule has 21 heavy (non-hydrogen) atoms. The maximum Gasteiger partial charge on any atom is 0.247 e. The molecular formula is C15H20ClN3O2. The second kappa shape index (κ2) is 6.45. The molecule has 1 saturated heterocycles. The molecular weight excluding hydrogens is 290 g/mol. The summed E-state index contributed by atoms with van der Waals surface area (Å²) in [5.74, 6) is -0.839. The number of piperidine rings is 1. The normalized spacial score (nSPS) is 18.8. The fraction of sp³-hybridized carbons (Fsp3) is 0.467. The third-order valence-electron chi connectivity index (χ3n) is 3.98. The van der Waals surface area contributed by atoms with Gasteiger partial charge in [0.2, 0.25) is 11.8 Å². The Kier molecular flexibility index (Phi) is 4.85. The summed E-state index contributed by atoms with van der Waals surface area (Å²) in [7, 11) is 0. The van der Waals surface area contributed by atoms with E-state index in [0.29, 0.717) is 10.6 Å². The summed E-state index contributed by atoms with van der Waals surface area (Å²) >= 11 is 5.97. The molecule has 1 aliphatic heterocycles. The highest BCUT2D eigenvalue weighted by atomic mass is 35.5. The first-order valence-corrected chi connectivity index (χ1v) is 7.40. The molecule has 1 aromatic rings. The van der Waals surface area contributed by atoms with Crippen LogP contribution >= 0.6 is 11.6 Å². The van der Waals surface area contributed by atoms with Crippen molar-refractivity contribution in [1.29, 1.82) is 0 Å². The lowest BCUT2D eigenvalue weighted by molar-refractivity contribution is -0.134. The minimum Gasteiger partial charge on any atom is -0.367 e. The van der Waals surface area contributed by atoms with E-state index < -0.39 is 11.4 Å². The molecule has 2 amide bonds. The minimum atomic E-state index is -1.26. The van der Waals surface area contributed by atoms with Crippen LogP contribution in [0.25, 0.3) is 0 Å². The molecule has 0 spiro atoms. The number of rotatable bonds is 4. The lowest BCUT2D eigenvalue weighted by Gasteiger charge is -2.31. The highest BCUT2D eigenvalue weighted by molar-refractivity contribution is 6.30. The van der Waals surface area contributed by atoms with Crippen LogP contribution in [0.5, 0.6) is 0 Å². The molecule has 1 atom stereocenters. The number of primary amides is 1. The molecule has 0 saturated carbocycles. The van der Waals surface area contributed by atoms with Crippen molar-refractivity contribution < 1.29 is 9.59 Å². The smallest absolute Gasteiger partial charge is 0.247 e. The van der Waals surface area contributed by atoms with Crippen molar-refractivity contribution in [2.75, 3.05) is 13.1 Å². The van der Waals surface area contributed by atoms with Gasteiger partial charge in [-0.05, 0) is 50.6 Å². The summed E-state index contributed by atoms with van der Waals surface area (Å²) in [5.41, 5.74) is 4.85. The molecule has 114 valence electrons. The molecule has 0 aliphatic carbocycles. The molecule has 1 unspecified atom stereocenters. The van der Waals surface area contributed by atoms with Gasteiger partial charge in [-0.25, -0.2) is 0 Å². The molecule has 2 rings (SSSR count). The minimum absolute atomic E-state index is 0.0934. The Labute approximate surface area is 129 Å². The summed E-state index contributed by atoms with van der Waals surface area (Å²) in [4.78, 5) is 24.3. The van der Waals surface area contributed by atoms with Crippen molar-refractivity contribution in [3.8, 4) is 0 Å². The van der Waals surface area contributed by atoms with Gasteiger partial charge in [-0.1, -0.05) is 23.7 Å². The van der Waals surface area contributed by atoms with Gasteiger partial charge in [0.15, 0.2) is 0 Å². The molecule has 0 bridgehead atoms. The second-order valence-electron chi connectivity index (χ2n) is 5.51. The van der Waals surface area contributed by atoms with E-state index in [4.69, 9.17) is 17.3 Å². The molecule has 6 heteroatoms. The Morgan fingerprint density at radius 3 is 2.62 bits per heavy atom. The standard InChI is InChI=1S/C15H20ClN3O2/c1-15(14(17)21,11-3-2-4-12(16)9-11)19-13(20)10-5-7-18-8-6-10/h2-4,9-10,18H,5-8H2,1H3,(H2,17,21)(H,19,20). The summed E-state index contributed by atoms with van der Waals surface area (Å²) in [6.45, 7) is 3.23. The van der Waals surface area contributed by atoms with Crippen LogP contribution in [-0.4, -0.2) is 24.9 Å². The largest absolute Gasteiger partial charge is 0.367 e. The first-order valence-electron chi connectivity index (χ1n) is 7.02. The number of hydrogen-bond donors (Lipinski definition) is 3. The Bertz CT molecular complexity index is 543. The third-order valence-corrected chi connectivity index (χ3v) is 4.21. The van der Waals surface area contributed by atoms with Gasteiger partial charge in [-0.15, -0.1) is 0 Å². The van der Waals surface area contributed by atoms with Crippen LogP contribution in [0, 0.1) is 5.92 Å². The van der Waals surface area contributed by atoms with Gasteiger partial charge in [0, 0.05) is 10.9 Å². The molecule has 1 aliphatic rings. The first kappa shape index (κ1) is 15.8. The van der Waals surface area contributed by atoms with Gasteiger partial charge < -0.3 is 16.4 Å². The number of hydrogen-bond acceptors (Lipinski definition) is 3. The fourth-order valence-corrected chi connectivity index (χ4v) is 2.70. The lowest BCUT2D eigenvalue weighted by atomic mass is 9.89. The average Bonchev–Trinajstić information content (AvgIpc) is 2.47. The average molecular weight is 310 g/mol. The topological polar surface area (TPSA) is 84.2 Å². The van der Waals surface area contributed by atoms with Crippen molar-refractivity contribution in [2.45, 2.75) is 25.3 Å². The molecule has 1 aromatic carbocycles. The van der Waals surface area contributed by atoms with E-state index in [9.17, 15) is 9.59 Å². The first-order chi connectivity index (χ1) is 9.93. The van der Waals surface area contributed by atoms with Gasteiger partial charge in [0.25, 0.3) is 0 Å². The zero-order valence-electron chi connectivity index (χ0n) is 12.0. The fourth-order valence-electron chi connectivity index (χ4n) is 2.51. The molecule has 0 radical (unpaired) electrons. The quantitative estimate of drug-likeness (QED) is 0.780. The maximum absolute atomic E-state index is 12.4. The number of nitrogens with one attached hydrogen (secondary N) is 2. The summed E-state index contributed by atoms with van der Waals surface area (Å²) in [5, 5.41) is 6.51. The summed E-state index contributed by atoms with van der Waals surface area (Å²) in [6.07, 6.45) is 1.52. The maximum atomic E-state index is 12.4. The zero-order chi connectivity index (χ0) is 15.5. The van der Waals surface area contributed by atoms with Gasteiger partial charge in [-0.2, -0.15) is 0 Å². The van der Waals surface area contributed by atoms with Crippen LogP contribution in [0.3, 0.4) is 0 Å². The Morgan fingerprint density at radius 1 is 1.38 bits per heavy atom. The third kappa shape index (κ3) is 3.54. The van der Waals surface area contributed by atoms with E-state index in [0.717, 1.165) is 25.9 Å². The summed E-state index contributed by atoms with van der Waals surface area (Å²) in [6, 6.07) is 6.82. The Hall–Kier alpha value is -1.59. The van der Waals surface area contributed by atoms with Crippen molar-refractivity contribution in [3.05, 3.63) is 34.9 Å². The van der Waals surface area contributed by atoms with E-state index in [2.05, 4.69) is 10.6 Å². The Balaban J connectivity index is 2.22. The highest BCUT2D eigenvalue weighted by Crippen LogP contribution is 2.25. The van der Waals surface area contributed by atoms with Crippen molar-refractivity contribution in [2.24, 2.45) is 11.7 Å². The van der Waals surface area contributed by atoms with Gasteiger partial charge in [0.05, 0.1) is 0 Å². The van der Waals surface area contributed by atoms with Crippen LogP contribution < -0.4 is 16.4 Å². The predicted octanol–water partition coefficient (Wildman–Crippen LogP) is 1.16. The molecule has 1 fully saturated rings. The summed E-state index contributed by atoms with van der Waals surface area (Å²) < 4.78 is 0. The highest BCUT2D eigenvalue weighted by Gasteiger charge is 2.37.